The molecular weight excluding hydrogens is 342 g/mol. The average Bonchev–Trinajstić information content (AvgIpc) is 2.35. The SMILES string of the molecule is CC(Br)C(=O)c1ccc(OC(F)F)cc1C(O)C(=O)O. The summed E-state index contributed by atoms with van der Waals surface area (Å²) in [5.41, 5.74) is -0.377. The Morgan fingerprint density at radius 1 is 1.35 bits per heavy atom. The third kappa shape index (κ3) is 3.97. The van der Waals surface area contributed by atoms with Gasteiger partial charge in [-0.2, -0.15) is 8.78 Å². The molecule has 1 aromatic carbocycles. The molecule has 2 unspecified atom stereocenters. The summed E-state index contributed by atoms with van der Waals surface area (Å²) in [7, 11) is 0. The van der Waals surface area contributed by atoms with E-state index >= 15 is 0 Å². The molecule has 0 aromatic heterocycles. The summed E-state index contributed by atoms with van der Waals surface area (Å²) in [6.07, 6.45) is -2.01. The number of rotatable bonds is 6. The Hall–Kier alpha value is -1.54. The van der Waals surface area contributed by atoms with Crippen LogP contribution in [0.15, 0.2) is 18.2 Å². The lowest BCUT2D eigenvalue weighted by Gasteiger charge is -2.14. The molecule has 0 aliphatic heterocycles. The van der Waals surface area contributed by atoms with Gasteiger partial charge in [0.15, 0.2) is 11.9 Å². The zero-order valence-corrected chi connectivity index (χ0v) is 11.8. The second-order valence-corrected chi connectivity index (χ2v) is 5.22. The Labute approximate surface area is 121 Å². The number of Topliss-reactive ketones (excluding diaryl/α,β-unsaturated/α-hetero) is 1. The summed E-state index contributed by atoms with van der Waals surface area (Å²) < 4.78 is 28.4. The van der Waals surface area contributed by atoms with Gasteiger partial charge in [-0.15, -0.1) is 0 Å². The Morgan fingerprint density at radius 3 is 2.40 bits per heavy atom. The van der Waals surface area contributed by atoms with Crippen molar-refractivity contribution in [2.24, 2.45) is 0 Å². The quantitative estimate of drug-likeness (QED) is 0.606. The molecule has 0 amide bonds. The highest BCUT2D eigenvalue weighted by molar-refractivity contribution is 9.10. The van der Waals surface area contributed by atoms with Gasteiger partial charge in [-0.05, 0) is 25.1 Å². The molecule has 5 nitrogen and oxygen atoms in total. The van der Waals surface area contributed by atoms with Gasteiger partial charge in [0.1, 0.15) is 5.75 Å². The maximum Gasteiger partial charge on any atom is 0.387 e. The van der Waals surface area contributed by atoms with E-state index in [-0.39, 0.29) is 16.9 Å². The Kier molecular flexibility index (Phi) is 5.58. The lowest BCUT2D eigenvalue weighted by atomic mass is 9.97. The number of carboxylic acid groups (broad SMARTS) is 1. The highest BCUT2D eigenvalue weighted by atomic mass is 79.9. The third-order valence-corrected chi connectivity index (χ3v) is 2.82. The minimum atomic E-state index is -3.10. The van der Waals surface area contributed by atoms with Gasteiger partial charge in [-0.1, -0.05) is 15.9 Å². The number of aliphatic hydroxyl groups is 1. The summed E-state index contributed by atoms with van der Waals surface area (Å²) in [5.74, 6) is -2.42. The Morgan fingerprint density at radius 2 is 1.95 bits per heavy atom. The van der Waals surface area contributed by atoms with Gasteiger partial charge < -0.3 is 14.9 Å². The average molecular weight is 353 g/mol. The van der Waals surface area contributed by atoms with Crippen molar-refractivity contribution in [1.29, 1.82) is 0 Å². The lowest BCUT2D eigenvalue weighted by Crippen LogP contribution is -2.19. The predicted octanol–water partition coefficient (Wildman–Crippen LogP) is 2.37. The topological polar surface area (TPSA) is 83.8 Å². The zero-order chi connectivity index (χ0) is 15.4. The molecule has 0 saturated heterocycles. The van der Waals surface area contributed by atoms with Crippen molar-refractivity contribution in [2.75, 3.05) is 0 Å². The number of benzene rings is 1. The number of carbonyl (C=O) groups is 2. The van der Waals surface area contributed by atoms with E-state index in [1.165, 1.54) is 6.92 Å². The van der Waals surface area contributed by atoms with Gasteiger partial charge in [-0.25, -0.2) is 4.79 Å². The first-order valence-electron chi connectivity index (χ1n) is 5.42. The van der Waals surface area contributed by atoms with E-state index < -0.39 is 29.3 Å². The maximum atomic E-state index is 12.1. The van der Waals surface area contributed by atoms with Crippen LogP contribution >= 0.6 is 15.9 Å². The number of hydrogen-bond acceptors (Lipinski definition) is 4. The van der Waals surface area contributed by atoms with Gasteiger partial charge >= 0.3 is 12.6 Å². The maximum absolute atomic E-state index is 12.1. The molecule has 110 valence electrons. The summed E-state index contributed by atoms with van der Waals surface area (Å²) in [5, 5.41) is 18.3. The normalized spacial score (nSPS) is 13.9. The lowest BCUT2D eigenvalue weighted by molar-refractivity contribution is -0.146. The Balaban J connectivity index is 3.30. The van der Waals surface area contributed by atoms with E-state index in [9.17, 15) is 23.5 Å². The third-order valence-electron chi connectivity index (χ3n) is 2.40. The first-order valence-corrected chi connectivity index (χ1v) is 6.33. The van der Waals surface area contributed by atoms with Crippen molar-refractivity contribution >= 4 is 27.7 Å². The second kappa shape index (κ2) is 6.76. The number of carboxylic acids is 1. The first kappa shape index (κ1) is 16.5. The van der Waals surface area contributed by atoms with Gasteiger partial charge in [0.05, 0.1) is 4.83 Å². The highest BCUT2D eigenvalue weighted by Gasteiger charge is 2.25. The van der Waals surface area contributed by atoms with Crippen molar-refractivity contribution in [1.82, 2.24) is 0 Å². The number of aliphatic carboxylic acids is 1. The van der Waals surface area contributed by atoms with E-state index in [1.54, 1.807) is 0 Å². The monoisotopic (exact) mass is 352 g/mol. The molecule has 0 heterocycles. The van der Waals surface area contributed by atoms with Crippen LogP contribution in [-0.4, -0.2) is 33.4 Å². The highest BCUT2D eigenvalue weighted by Crippen LogP contribution is 2.27. The van der Waals surface area contributed by atoms with E-state index in [4.69, 9.17) is 5.11 Å². The van der Waals surface area contributed by atoms with Gasteiger partial charge in [-0.3, -0.25) is 4.79 Å². The molecule has 0 saturated carbocycles. The number of alkyl halides is 3. The molecule has 20 heavy (non-hydrogen) atoms. The zero-order valence-electron chi connectivity index (χ0n) is 10.2. The van der Waals surface area contributed by atoms with Crippen LogP contribution in [0.5, 0.6) is 5.75 Å². The molecule has 0 fully saturated rings. The predicted molar refractivity (Wildman–Crippen MR) is 68.4 cm³/mol. The minimum Gasteiger partial charge on any atom is -0.479 e. The van der Waals surface area contributed by atoms with Crippen molar-refractivity contribution in [3.05, 3.63) is 29.3 Å². The molecule has 1 rings (SSSR count). The molecule has 2 N–H and O–H groups in total. The van der Waals surface area contributed by atoms with E-state index in [0.717, 1.165) is 18.2 Å². The molecule has 0 bridgehead atoms. The molecule has 0 radical (unpaired) electrons. The van der Waals surface area contributed by atoms with Crippen molar-refractivity contribution in [2.45, 2.75) is 24.5 Å². The fraction of sp³-hybridized carbons (Fsp3) is 0.333. The Bertz CT molecular complexity index is 519. The molecule has 0 aliphatic carbocycles. The van der Waals surface area contributed by atoms with E-state index in [1.807, 2.05) is 0 Å². The fourth-order valence-corrected chi connectivity index (χ4v) is 1.76. The summed E-state index contributed by atoms with van der Waals surface area (Å²) >= 11 is 3.03. The summed E-state index contributed by atoms with van der Waals surface area (Å²) in [4.78, 5) is 22.1. The van der Waals surface area contributed by atoms with Crippen LogP contribution in [0.25, 0.3) is 0 Å². The number of ether oxygens (including phenoxy) is 1. The molecule has 0 spiro atoms. The molecule has 0 aliphatic rings. The van der Waals surface area contributed by atoms with Crippen LogP contribution in [0.1, 0.15) is 28.9 Å². The van der Waals surface area contributed by atoms with Gasteiger partial charge in [0.2, 0.25) is 0 Å². The fourth-order valence-electron chi connectivity index (χ4n) is 1.51. The van der Waals surface area contributed by atoms with Crippen LogP contribution in [0.2, 0.25) is 0 Å². The first-order chi connectivity index (χ1) is 9.23. The van der Waals surface area contributed by atoms with Crippen LogP contribution < -0.4 is 4.74 Å². The van der Waals surface area contributed by atoms with Crippen molar-refractivity contribution in [3.8, 4) is 5.75 Å². The number of aliphatic hydroxyl groups excluding tert-OH is 1. The van der Waals surface area contributed by atoms with E-state index in [0.29, 0.717) is 0 Å². The smallest absolute Gasteiger partial charge is 0.387 e. The van der Waals surface area contributed by atoms with Crippen LogP contribution in [-0.2, 0) is 4.79 Å². The second-order valence-electron chi connectivity index (χ2n) is 3.85. The molecular formula is C12H11BrF2O5. The number of ketones is 1. The van der Waals surface area contributed by atoms with Gasteiger partial charge in [0, 0.05) is 11.1 Å². The number of carbonyl (C=O) groups excluding carboxylic acids is 1. The number of halogens is 3. The standard InChI is InChI=1S/C12H11BrF2O5/c1-5(13)9(16)7-3-2-6(20-12(14)15)4-8(7)10(17)11(18)19/h2-5,10,12,17H,1H3,(H,18,19). The molecule has 8 heteroatoms. The van der Waals surface area contributed by atoms with Crippen molar-refractivity contribution in [3.63, 3.8) is 0 Å². The van der Waals surface area contributed by atoms with Crippen LogP contribution in [0, 0.1) is 0 Å². The molecule has 1 aromatic rings. The summed E-state index contributed by atoms with van der Waals surface area (Å²) in [6.45, 7) is -1.58. The number of hydrogen-bond donors (Lipinski definition) is 2. The van der Waals surface area contributed by atoms with Crippen LogP contribution in [0.4, 0.5) is 8.78 Å². The summed E-state index contributed by atoms with van der Waals surface area (Å²) in [6, 6.07) is 3.15. The van der Waals surface area contributed by atoms with Crippen LogP contribution in [0.3, 0.4) is 0 Å². The largest absolute Gasteiger partial charge is 0.479 e. The van der Waals surface area contributed by atoms with E-state index in [2.05, 4.69) is 20.7 Å². The minimum absolute atomic E-state index is 0.0779. The molecule has 2 atom stereocenters. The van der Waals surface area contributed by atoms with Crippen molar-refractivity contribution < 1.29 is 33.3 Å². The van der Waals surface area contributed by atoms with Gasteiger partial charge in [0.25, 0.3) is 0 Å².